The summed E-state index contributed by atoms with van der Waals surface area (Å²) >= 11 is 0. The number of hydrogen-bond acceptors (Lipinski definition) is 5. The first-order chi connectivity index (χ1) is 28.3. The summed E-state index contributed by atoms with van der Waals surface area (Å²) in [7, 11) is 0. The fourth-order valence-corrected chi connectivity index (χ4v) is 8.43. The highest BCUT2D eigenvalue weighted by atomic mass is 16.4. The molecule has 0 saturated carbocycles. The maximum Gasteiger partial charge on any atom is 0.307 e. The Morgan fingerprint density at radius 3 is 1.67 bits per heavy atom. The van der Waals surface area contributed by atoms with Crippen LogP contribution in [0, 0.1) is 0 Å². The zero-order valence-electron chi connectivity index (χ0n) is 30.4. The van der Waals surface area contributed by atoms with Gasteiger partial charge in [0.25, 0.3) is 0 Å². The first-order valence-electron chi connectivity index (χ1n) is 19.0. The third-order valence-electron chi connectivity index (χ3n) is 11.0. The van der Waals surface area contributed by atoms with Gasteiger partial charge in [-0.15, -0.1) is 0 Å². The van der Waals surface area contributed by atoms with Crippen LogP contribution in [0.1, 0.15) is 0 Å². The van der Waals surface area contributed by atoms with E-state index in [4.69, 9.17) is 24.4 Å². The van der Waals surface area contributed by atoms with Crippen molar-refractivity contribution < 1.29 is 4.42 Å². The van der Waals surface area contributed by atoms with Gasteiger partial charge in [0, 0.05) is 38.1 Å². The molecular weight excluding hydrogens is 701 g/mol. The van der Waals surface area contributed by atoms with Crippen LogP contribution in [0.15, 0.2) is 186 Å². The highest BCUT2D eigenvalue weighted by molar-refractivity contribution is 6.23. The molecule has 266 valence electrons. The van der Waals surface area contributed by atoms with Gasteiger partial charge >= 0.3 is 6.01 Å². The van der Waals surface area contributed by atoms with E-state index in [0.29, 0.717) is 23.6 Å². The normalized spacial score (nSPS) is 11.9. The van der Waals surface area contributed by atoms with E-state index in [1.54, 1.807) is 0 Å². The van der Waals surface area contributed by atoms with E-state index in [1.807, 2.05) is 54.6 Å². The van der Waals surface area contributed by atoms with E-state index in [1.165, 1.54) is 0 Å². The molecule has 0 amide bonds. The standard InChI is InChI=1S/C50H30N6O/c1-3-14-31(15-4-1)34-19-13-20-35(30-34)48-52-47(33-17-5-2-6-18-33)53-49(54-48)55-41-24-11-9-22-37(41)39-27-28-40-38-23-10-12-25-42(38)56(46(40)45(39)55)50-51-44-36-21-8-7-16-32(36)26-29-43(44)57-50/h1-30H. The first kappa shape index (κ1) is 31.5. The van der Waals surface area contributed by atoms with E-state index >= 15 is 0 Å². The van der Waals surface area contributed by atoms with Crippen molar-refractivity contribution in [2.45, 2.75) is 0 Å². The molecule has 7 heteroatoms. The van der Waals surface area contributed by atoms with Gasteiger partial charge in [-0.3, -0.25) is 9.13 Å². The molecular formula is C50H30N6O. The van der Waals surface area contributed by atoms with E-state index < -0.39 is 0 Å². The lowest BCUT2D eigenvalue weighted by Crippen LogP contribution is -2.07. The Bertz CT molecular complexity index is 3530. The summed E-state index contributed by atoms with van der Waals surface area (Å²) in [6, 6.07) is 63.2. The van der Waals surface area contributed by atoms with Gasteiger partial charge in [-0.25, -0.2) is 4.98 Å². The molecule has 0 aliphatic carbocycles. The molecule has 0 atom stereocenters. The van der Waals surface area contributed by atoms with Gasteiger partial charge in [0.1, 0.15) is 5.52 Å². The second-order valence-corrected chi connectivity index (χ2v) is 14.3. The van der Waals surface area contributed by atoms with Crippen molar-refractivity contribution in [2.75, 3.05) is 0 Å². The molecule has 12 aromatic rings. The summed E-state index contributed by atoms with van der Waals surface area (Å²) in [5.41, 5.74) is 9.45. The summed E-state index contributed by atoms with van der Waals surface area (Å²) in [5, 5.41) is 6.48. The van der Waals surface area contributed by atoms with Crippen LogP contribution in [0.4, 0.5) is 0 Å². The molecule has 0 unspecified atom stereocenters. The molecule has 0 spiro atoms. The average molecular weight is 731 g/mol. The second-order valence-electron chi connectivity index (χ2n) is 14.3. The summed E-state index contributed by atoms with van der Waals surface area (Å²) < 4.78 is 11.1. The number of fused-ring (bicyclic) bond motifs is 10. The van der Waals surface area contributed by atoms with Gasteiger partial charge in [0.15, 0.2) is 17.2 Å². The summed E-state index contributed by atoms with van der Waals surface area (Å²) in [6.07, 6.45) is 0. The van der Waals surface area contributed by atoms with E-state index in [2.05, 4.69) is 137 Å². The summed E-state index contributed by atoms with van der Waals surface area (Å²) in [5.74, 6) is 1.69. The van der Waals surface area contributed by atoms with Crippen molar-refractivity contribution >= 4 is 65.5 Å². The Labute approximate surface area is 325 Å². The monoisotopic (exact) mass is 730 g/mol. The number of oxazole rings is 1. The third-order valence-corrected chi connectivity index (χ3v) is 11.0. The summed E-state index contributed by atoms with van der Waals surface area (Å²) in [6.45, 7) is 0. The third kappa shape index (κ3) is 4.86. The Hall–Kier alpha value is -7.90. The van der Waals surface area contributed by atoms with Crippen LogP contribution in [0.3, 0.4) is 0 Å². The zero-order chi connectivity index (χ0) is 37.5. The van der Waals surface area contributed by atoms with Crippen molar-refractivity contribution in [3.05, 3.63) is 182 Å². The van der Waals surface area contributed by atoms with Crippen LogP contribution in [-0.2, 0) is 0 Å². The molecule has 8 aromatic carbocycles. The minimum absolute atomic E-state index is 0.496. The second kappa shape index (κ2) is 12.3. The predicted octanol–water partition coefficient (Wildman–Crippen LogP) is 12.4. The predicted molar refractivity (Wildman–Crippen MR) is 230 cm³/mol. The highest BCUT2D eigenvalue weighted by Gasteiger charge is 2.25. The molecule has 0 radical (unpaired) electrons. The Kier molecular flexibility index (Phi) is 6.79. The van der Waals surface area contributed by atoms with Crippen molar-refractivity contribution in [2.24, 2.45) is 0 Å². The molecule has 4 aromatic heterocycles. The van der Waals surface area contributed by atoms with Gasteiger partial charge in [-0.05, 0) is 40.8 Å². The van der Waals surface area contributed by atoms with Crippen molar-refractivity contribution in [3.63, 3.8) is 0 Å². The Morgan fingerprint density at radius 1 is 0.368 bits per heavy atom. The molecule has 7 nitrogen and oxygen atoms in total. The molecule has 0 N–H and O–H groups in total. The van der Waals surface area contributed by atoms with Crippen LogP contribution in [-0.4, -0.2) is 29.1 Å². The Morgan fingerprint density at radius 2 is 0.930 bits per heavy atom. The number of aromatic nitrogens is 6. The number of rotatable bonds is 5. The topological polar surface area (TPSA) is 74.6 Å². The lowest BCUT2D eigenvalue weighted by atomic mass is 10.0. The highest BCUT2D eigenvalue weighted by Crippen LogP contribution is 2.42. The quantitative estimate of drug-likeness (QED) is 0.176. The maximum absolute atomic E-state index is 6.71. The van der Waals surface area contributed by atoms with Crippen LogP contribution in [0.25, 0.3) is 111 Å². The van der Waals surface area contributed by atoms with Crippen LogP contribution in [0.5, 0.6) is 0 Å². The molecule has 4 heterocycles. The first-order valence-corrected chi connectivity index (χ1v) is 19.0. The summed E-state index contributed by atoms with van der Waals surface area (Å²) in [4.78, 5) is 21.0. The van der Waals surface area contributed by atoms with Crippen molar-refractivity contribution in [1.82, 2.24) is 29.1 Å². The largest absolute Gasteiger partial charge is 0.423 e. The average Bonchev–Trinajstić information content (AvgIpc) is 3.97. The molecule has 0 fully saturated rings. The number of para-hydroxylation sites is 2. The molecule has 57 heavy (non-hydrogen) atoms. The van der Waals surface area contributed by atoms with Crippen molar-refractivity contribution in [3.8, 4) is 45.9 Å². The SMILES string of the molecule is c1ccc(-c2cccc(-c3nc(-c4ccccc4)nc(-n4c5ccccc5c5ccc6c7ccccc7n(-c7nc8c(ccc9ccccc98)o7)c6c54)n3)c2)cc1. The fraction of sp³-hybridized carbons (Fsp3) is 0. The number of hydrogen-bond donors (Lipinski definition) is 0. The van der Waals surface area contributed by atoms with Gasteiger partial charge in [0.2, 0.25) is 5.95 Å². The van der Waals surface area contributed by atoms with Crippen LogP contribution in [0.2, 0.25) is 0 Å². The zero-order valence-corrected chi connectivity index (χ0v) is 30.4. The van der Waals surface area contributed by atoms with E-state index in [9.17, 15) is 0 Å². The molecule has 0 aliphatic heterocycles. The molecule has 0 bridgehead atoms. The minimum atomic E-state index is 0.496. The van der Waals surface area contributed by atoms with Crippen LogP contribution < -0.4 is 0 Å². The number of nitrogens with zero attached hydrogens (tertiary/aromatic N) is 6. The number of benzene rings is 8. The van der Waals surface area contributed by atoms with E-state index in [0.717, 1.165) is 87.7 Å². The van der Waals surface area contributed by atoms with Gasteiger partial charge < -0.3 is 4.42 Å². The van der Waals surface area contributed by atoms with E-state index in [-0.39, 0.29) is 0 Å². The van der Waals surface area contributed by atoms with Gasteiger partial charge in [-0.2, -0.15) is 15.0 Å². The lowest BCUT2D eigenvalue weighted by Gasteiger charge is -2.12. The minimum Gasteiger partial charge on any atom is -0.423 e. The Balaban J connectivity index is 1.20. The maximum atomic E-state index is 6.71. The smallest absolute Gasteiger partial charge is 0.307 e. The molecule has 12 rings (SSSR count). The van der Waals surface area contributed by atoms with Crippen molar-refractivity contribution in [1.29, 1.82) is 0 Å². The molecule has 0 saturated heterocycles. The van der Waals surface area contributed by atoms with Gasteiger partial charge in [-0.1, -0.05) is 158 Å². The van der Waals surface area contributed by atoms with Crippen LogP contribution >= 0.6 is 0 Å². The molecule has 0 aliphatic rings. The van der Waals surface area contributed by atoms with Gasteiger partial charge in [0.05, 0.1) is 22.1 Å². The fourth-order valence-electron chi connectivity index (χ4n) is 8.43. The lowest BCUT2D eigenvalue weighted by molar-refractivity contribution is 0.574.